The monoisotopic (exact) mass is 392 g/mol. The first-order valence-corrected chi connectivity index (χ1v) is 9.00. The minimum atomic E-state index is -0.375. The first kappa shape index (κ1) is 18.5. The van der Waals surface area contributed by atoms with Crippen LogP contribution in [0.4, 0.5) is 10.1 Å². The van der Waals surface area contributed by atoms with Crippen LogP contribution in [0, 0.1) is 12.7 Å². The maximum atomic E-state index is 12.9. The highest BCUT2D eigenvalue weighted by Gasteiger charge is 2.14. The summed E-state index contributed by atoms with van der Waals surface area (Å²) in [7, 11) is 0. The average molecular weight is 392 g/mol. The number of halogens is 1. The second-order valence-corrected chi connectivity index (χ2v) is 6.67. The lowest BCUT2D eigenvalue weighted by atomic mass is 10.1. The molecule has 2 aromatic heterocycles. The van der Waals surface area contributed by atoms with E-state index in [9.17, 15) is 14.0 Å². The third kappa shape index (κ3) is 4.21. The second-order valence-electron chi connectivity index (χ2n) is 6.67. The van der Waals surface area contributed by atoms with Crippen molar-refractivity contribution in [3.8, 4) is 11.4 Å². The highest BCUT2D eigenvalue weighted by atomic mass is 19.1. The van der Waals surface area contributed by atoms with Gasteiger partial charge in [0.2, 0.25) is 17.6 Å². The van der Waals surface area contributed by atoms with Crippen LogP contribution in [0.25, 0.3) is 22.3 Å². The van der Waals surface area contributed by atoms with E-state index in [-0.39, 0.29) is 41.8 Å². The van der Waals surface area contributed by atoms with Crippen LogP contribution in [0.3, 0.4) is 0 Å². The molecule has 0 atom stereocenters. The molecule has 0 bridgehead atoms. The van der Waals surface area contributed by atoms with Gasteiger partial charge in [-0.1, -0.05) is 17.3 Å². The largest absolute Gasteiger partial charge is 0.339 e. The van der Waals surface area contributed by atoms with E-state index in [0.717, 1.165) is 16.5 Å². The molecule has 4 aromatic rings. The summed E-state index contributed by atoms with van der Waals surface area (Å²) in [6.45, 7) is 1.95. The van der Waals surface area contributed by atoms with Gasteiger partial charge in [0.05, 0.1) is 5.56 Å². The molecule has 0 aliphatic heterocycles. The number of H-pyrrole nitrogens is 1. The predicted octanol–water partition coefficient (Wildman–Crippen LogP) is 3.60. The molecule has 4 rings (SSSR count). The van der Waals surface area contributed by atoms with Crippen LogP contribution in [0.2, 0.25) is 0 Å². The van der Waals surface area contributed by atoms with Crippen molar-refractivity contribution in [2.24, 2.45) is 0 Å². The molecule has 7 nitrogen and oxygen atoms in total. The van der Waals surface area contributed by atoms with Crippen molar-refractivity contribution in [1.29, 1.82) is 0 Å². The molecule has 2 aromatic carbocycles. The summed E-state index contributed by atoms with van der Waals surface area (Å²) >= 11 is 0. The molecule has 0 fully saturated rings. The highest BCUT2D eigenvalue weighted by molar-refractivity contribution is 5.90. The van der Waals surface area contributed by atoms with Gasteiger partial charge in [-0.15, -0.1) is 0 Å². The number of carbonyl (C=O) groups is 1. The van der Waals surface area contributed by atoms with E-state index in [4.69, 9.17) is 4.52 Å². The maximum Gasteiger partial charge on any atom is 0.259 e. The van der Waals surface area contributed by atoms with Crippen molar-refractivity contribution < 1.29 is 13.7 Å². The van der Waals surface area contributed by atoms with Crippen molar-refractivity contribution >= 4 is 22.5 Å². The van der Waals surface area contributed by atoms with E-state index in [0.29, 0.717) is 11.3 Å². The number of aromatic amines is 1. The molecule has 2 N–H and O–H groups in total. The number of carbonyl (C=O) groups excluding carboxylic acids is 1. The maximum absolute atomic E-state index is 12.9. The number of nitrogens with one attached hydrogen (secondary N) is 2. The van der Waals surface area contributed by atoms with Gasteiger partial charge >= 0.3 is 0 Å². The predicted molar refractivity (Wildman–Crippen MR) is 106 cm³/mol. The zero-order chi connectivity index (χ0) is 20.4. The normalized spacial score (nSPS) is 11.0. The molecule has 0 aliphatic rings. The molecule has 1 amide bonds. The van der Waals surface area contributed by atoms with Crippen LogP contribution in [0.5, 0.6) is 0 Å². The van der Waals surface area contributed by atoms with E-state index in [1.807, 2.05) is 25.1 Å². The number of benzene rings is 2. The number of pyridine rings is 1. The standard InChI is InChI=1S/C21H17FN4O3/c1-12-2-3-13-11-16(21(28)24-17(13)10-12)20-25-19(29-26-20)9-8-18(27)23-15-6-4-14(22)5-7-15/h2-7,10-11H,8-9H2,1H3,(H,23,27)(H,24,28). The Kier molecular flexibility index (Phi) is 4.90. The SMILES string of the molecule is Cc1ccc2cc(-c3noc(CCC(=O)Nc4ccc(F)cc4)n3)c(=O)[nH]c2c1. The molecule has 146 valence electrons. The molecule has 0 unspecified atom stereocenters. The Morgan fingerprint density at radius 1 is 1.17 bits per heavy atom. The smallest absolute Gasteiger partial charge is 0.259 e. The number of rotatable bonds is 5. The molecule has 0 spiro atoms. The lowest BCUT2D eigenvalue weighted by molar-refractivity contribution is -0.116. The topological polar surface area (TPSA) is 101 Å². The Morgan fingerprint density at radius 3 is 2.76 bits per heavy atom. The summed E-state index contributed by atoms with van der Waals surface area (Å²) in [4.78, 5) is 31.5. The zero-order valence-corrected chi connectivity index (χ0v) is 15.5. The van der Waals surface area contributed by atoms with Gasteiger partial charge in [-0.2, -0.15) is 4.98 Å². The minimum Gasteiger partial charge on any atom is -0.339 e. The lowest BCUT2D eigenvalue weighted by Crippen LogP contribution is -2.12. The van der Waals surface area contributed by atoms with Crippen LogP contribution in [-0.2, 0) is 11.2 Å². The van der Waals surface area contributed by atoms with Crippen LogP contribution >= 0.6 is 0 Å². The number of aromatic nitrogens is 3. The molecule has 8 heteroatoms. The van der Waals surface area contributed by atoms with Gasteiger partial charge in [-0.25, -0.2) is 4.39 Å². The fourth-order valence-corrected chi connectivity index (χ4v) is 2.92. The van der Waals surface area contributed by atoms with E-state index >= 15 is 0 Å². The van der Waals surface area contributed by atoms with Gasteiger partial charge < -0.3 is 14.8 Å². The van der Waals surface area contributed by atoms with Crippen molar-refractivity contribution in [3.63, 3.8) is 0 Å². The first-order valence-electron chi connectivity index (χ1n) is 9.00. The Balaban J connectivity index is 1.45. The van der Waals surface area contributed by atoms with Crippen molar-refractivity contribution in [2.45, 2.75) is 19.8 Å². The molecular formula is C21H17FN4O3. The van der Waals surface area contributed by atoms with Crippen LogP contribution < -0.4 is 10.9 Å². The Morgan fingerprint density at radius 2 is 1.97 bits per heavy atom. The summed E-state index contributed by atoms with van der Waals surface area (Å²) in [6, 6.07) is 12.9. The van der Waals surface area contributed by atoms with E-state index < -0.39 is 0 Å². The van der Waals surface area contributed by atoms with Gasteiger partial charge in [-0.3, -0.25) is 9.59 Å². The number of hydrogen-bond acceptors (Lipinski definition) is 5. The van der Waals surface area contributed by atoms with Crippen molar-refractivity contribution in [1.82, 2.24) is 15.1 Å². The molecule has 2 heterocycles. The molecule has 0 radical (unpaired) electrons. The van der Waals surface area contributed by atoms with Crippen LogP contribution in [-0.4, -0.2) is 21.0 Å². The van der Waals surface area contributed by atoms with Crippen molar-refractivity contribution in [2.75, 3.05) is 5.32 Å². The average Bonchev–Trinajstić information content (AvgIpc) is 3.16. The zero-order valence-electron chi connectivity index (χ0n) is 15.5. The number of hydrogen-bond donors (Lipinski definition) is 2. The summed E-state index contributed by atoms with van der Waals surface area (Å²) < 4.78 is 18.1. The number of nitrogens with zero attached hydrogens (tertiary/aromatic N) is 2. The summed E-state index contributed by atoms with van der Waals surface area (Å²) in [5, 5.41) is 7.38. The number of fused-ring (bicyclic) bond motifs is 1. The summed E-state index contributed by atoms with van der Waals surface area (Å²) in [6.07, 6.45) is 0.317. The highest BCUT2D eigenvalue weighted by Crippen LogP contribution is 2.19. The van der Waals surface area contributed by atoms with Crippen LogP contribution in [0.1, 0.15) is 17.9 Å². The van der Waals surface area contributed by atoms with Gasteiger partial charge in [0.1, 0.15) is 5.82 Å². The Labute approximate surface area is 164 Å². The molecular weight excluding hydrogens is 375 g/mol. The van der Waals surface area contributed by atoms with Gasteiger partial charge in [0.15, 0.2) is 0 Å². The van der Waals surface area contributed by atoms with E-state index in [1.165, 1.54) is 24.3 Å². The molecule has 0 saturated heterocycles. The third-order valence-electron chi connectivity index (χ3n) is 4.40. The number of amides is 1. The molecule has 0 saturated carbocycles. The fraction of sp³-hybridized carbons (Fsp3) is 0.143. The summed E-state index contributed by atoms with van der Waals surface area (Å²) in [5.41, 5.74) is 2.26. The van der Waals surface area contributed by atoms with Crippen molar-refractivity contribution in [3.05, 3.63) is 76.2 Å². The van der Waals surface area contributed by atoms with Crippen LogP contribution in [0.15, 0.2) is 57.8 Å². The Hall–Kier alpha value is -3.81. The van der Waals surface area contributed by atoms with Gasteiger partial charge in [0, 0.05) is 24.0 Å². The fourth-order valence-electron chi connectivity index (χ4n) is 2.92. The number of aryl methyl sites for hydroxylation is 2. The second kappa shape index (κ2) is 7.67. The first-order chi connectivity index (χ1) is 14.0. The van der Waals surface area contributed by atoms with E-state index in [2.05, 4.69) is 20.4 Å². The molecule has 0 aliphatic carbocycles. The van der Waals surface area contributed by atoms with Gasteiger partial charge in [-0.05, 0) is 54.3 Å². The minimum absolute atomic E-state index is 0.104. The lowest BCUT2D eigenvalue weighted by Gasteiger charge is -2.03. The number of anilines is 1. The van der Waals surface area contributed by atoms with E-state index in [1.54, 1.807) is 6.07 Å². The third-order valence-corrected chi connectivity index (χ3v) is 4.40. The van der Waals surface area contributed by atoms with Gasteiger partial charge in [0.25, 0.3) is 5.56 Å². The Bertz CT molecular complexity index is 1250. The quantitative estimate of drug-likeness (QED) is 0.540. The molecule has 29 heavy (non-hydrogen) atoms. The summed E-state index contributed by atoms with van der Waals surface area (Å²) in [5.74, 6) is -0.226.